The lowest BCUT2D eigenvalue weighted by Crippen LogP contribution is -2.34. The average molecular weight is 288 g/mol. The molecule has 0 bridgehead atoms. The van der Waals surface area contributed by atoms with Crippen LogP contribution in [0.5, 0.6) is 0 Å². The molecule has 3 nitrogen and oxygen atoms in total. The first-order valence-corrected chi connectivity index (χ1v) is 8.32. The molecule has 0 saturated heterocycles. The minimum atomic E-state index is -0.0808. The Morgan fingerprint density at radius 3 is 3.00 bits per heavy atom. The van der Waals surface area contributed by atoms with Gasteiger partial charge in [0.2, 0.25) is 0 Å². The molecule has 0 radical (unpaired) electrons. The average Bonchev–Trinajstić information content (AvgIpc) is 2.52. The maximum Gasteiger partial charge on any atom is 0.314 e. The van der Waals surface area contributed by atoms with Crippen LogP contribution in [-0.2, 0) is 12.8 Å². The van der Waals surface area contributed by atoms with Crippen LogP contribution >= 0.6 is 0 Å². The van der Waals surface area contributed by atoms with Crippen LogP contribution in [0.1, 0.15) is 61.6 Å². The number of carbonyl (C=O) groups excluding carboxylic acids is 1. The second-order valence-corrected chi connectivity index (χ2v) is 6.02. The maximum atomic E-state index is 11.2. The van der Waals surface area contributed by atoms with E-state index in [0.717, 1.165) is 13.0 Å². The molecule has 0 aromatic heterocycles. The Hall–Kier alpha value is -1.51. The molecule has 0 unspecified atom stereocenters. The first-order chi connectivity index (χ1) is 10.2. The highest BCUT2D eigenvalue weighted by Crippen LogP contribution is 2.34. The highest BCUT2D eigenvalue weighted by atomic mass is 16.2. The lowest BCUT2D eigenvalue weighted by molar-refractivity contribution is 0.242. The maximum absolute atomic E-state index is 11.2. The predicted octanol–water partition coefficient (Wildman–Crippen LogP) is 3.77. The standard InChI is InChI=1S/C18H28N2O/c1-3-4-6-14-9-10-15-7-5-8-16(17(15)13-14)11-12-20-18(21)19-2/h9-10,13,16H,3-8,11-12H2,1-2H3,(H2,19,20,21)/t16-/m1/s1. The molecule has 1 aromatic carbocycles. The smallest absolute Gasteiger partial charge is 0.314 e. The summed E-state index contributed by atoms with van der Waals surface area (Å²) in [6, 6.07) is 6.98. The van der Waals surface area contributed by atoms with Gasteiger partial charge in [-0.05, 0) is 61.1 Å². The van der Waals surface area contributed by atoms with E-state index in [1.165, 1.54) is 55.2 Å². The number of nitrogens with one attached hydrogen (secondary N) is 2. The highest BCUT2D eigenvalue weighted by molar-refractivity contribution is 5.73. The van der Waals surface area contributed by atoms with Gasteiger partial charge in [-0.2, -0.15) is 0 Å². The van der Waals surface area contributed by atoms with Gasteiger partial charge in [0.05, 0.1) is 0 Å². The van der Waals surface area contributed by atoms with Crippen molar-refractivity contribution in [2.45, 2.75) is 57.8 Å². The Labute approximate surface area is 128 Å². The van der Waals surface area contributed by atoms with Crippen LogP contribution in [-0.4, -0.2) is 19.6 Å². The molecule has 21 heavy (non-hydrogen) atoms. The molecule has 1 atom stereocenters. The van der Waals surface area contributed by atoms with E-state index in [-0.39, 0.29) is 6.03 Å². The van der Waals surface area contributed by atoms with Crippen molar-refractivity contribution in [3.8, 4) is 0 Å². The third kappa shape index (κ3) is 4.48. The Balaban J connectivity index is 2.00. The number of carbonyl (C=O) groups is 1. The number of unbranched alkanes of at least 4 members (excludes halogenated alkanes) is 1. The molecule has 3 heteroatoms. The SMILES string of the molecule is CCCCc1ccc2c(c1)[C@@H](CCNC(=O)NC)CCC2. The van der Waals surface area contributed by atoms with Gasteiger partial charge >= 0.3 is 6.03 Å². The van der Waals surface area contributed by atoms with Crippen molar-refractivity contribution in [3.63, 3.8) is 0 Å². The van der Waals surface area contributed by atoms with Gasteiger partial charge in [-0.25, -0.2) is 4.79 Å². The molecule has 2 N–H and O–H groups in total. The molecule has 1 aromatic rings. The van der Waals surface area contributed by atoms with Crippen LogP contribution in [0, 0.1) is 0 Å². The van der Waals surface area contributed by atoms with Gasteiger partial charge in [-0.15, -0.1) is 0 Å². The first kappa shape index (κ1) is 15.9. The van der Waals surface area contributed by atoms with Crippen molar-refractivity contribution in [1.82, 2.24) is 10.6 Å². The summed E-state index contributed by atoms with van der Waals surface area (Å²) in [5.74, 6) is 0.604. The van der Waals surface area contributed by atoms with Gasteiger partial charge in [0.15, 0.2) is 0 Å². The largest absolute Gasteiger partial charge is 0.341 e. The highest BCUT2D eigenvalue weighted by Gasteiger charge is 2.20. The van der Waals surface area contributed by atoms with Crippen molar-refractivity contribution in [3.05, 3.63) is 34.9 Å². The minimum absolute atomic E-state index is 0.0808. The zero-order valence-electron chi connectivity index (χ0n) is 13.4. The fraction of sp³-hybridized carbons (Fsp3) is 0.611. The van der Waals surface area contributed by atoms with Crippen molar-refractivity contribution in [2.75, 3.05) is 13.6 Å². The lowest BCUT2D eigenvalue weighted by atomic mass is 9.80. The van der Waals surface area contributed by atoms with Crippen molar-refractivity contribution in [2.24, 2.45) is 0 Å². The van der Waals surface area contributed by atoms with Crippen LogP contribution in [0.25, 0.3) is 0 Å². The molecular formula is C18H28N2O. The van der Waals surface area contributed by atoms with Crippen LogP contribution in [0.4, 0.5) is 4.79 Å². The summed E-state index contributed by atoms with van der Waals surface area (Å²) in [6.07, 6.45) is 8.47. The van der Waals surface area contributed by atoms with E-state index in [2.05, 4.69) is 35.8 Å². The molecule has 1 aliphatic carbocycles. The summed E-state index contributed by atoms with van der Waals surface area (Å²) in [6.45, 7) is 2.99. The van der Waals surface area contributed by atoms with Gasteiger partial charge in [0, 0.05) is 13.6 Å². The Morgan fingerprint density at radius 2 is 2.24 bits per heavy atom. The van der Waals surface area contributed by atoms with Crippen LogP contribution < -0.4 is 10.6 Å². The van der Waals surface area contributed by atoms with E-state index < -0.39 is 0 Å². The zero-order chi connectivity index (χ0) is 15.1. The van der Waals surface area contributed by atoms with Crippen molar-refractivity contribution >= 4 is 6.03 Å². The molecule has 116 valence electrons. The quantitative estimate of drug-likeness (QED) is 0.822. The van der Waals surface area contributed by atoms with E-state index in [9.17, 15) is 4.79 Å². The molecule has 2 amide bonds. The van der Waals surface area contributed by atoms with Gasteiger partial charge < -0.3 is 10.6 Å². The first-order valence-electron chi connectivity index (χ1n) is 8.32. The Kier molecular flexibility index (Phi) is 6.09. The Morgan fingerprint density at radius 1 is 1.38 bits per heavy atom. The van der Waals surface area contributed by atoms with Gasteiger partial charge in [0.25, 0.3) is 0 Å². The van der Waals surface area contributed by atoms with Gasteiger partial charge in [-0.3, -0.25) is 0 Å². The fourth-order valence-electron chi connectivity index (χ4n) is 3.23. The molecule has 0 aliphatic heterocycles. The zero-order valence-corrected chi connectivity index (χ0v) is 13.4. The lowest BCUT2D eigenvalue weighted by Gasteiger charge is -2.26. The van der Waals surface area contributed by atoms with Crippen LogP contribution in [0.3, 0.4) is 0 Å². The number of urea groups is 1. The monoisotopic (exact) mass is 288 g/mol. The second-order valence-electron chi connectivity index (χ2n) is 6.02. The third-order valence-corrected chi connectivity index (χ3v) is 4.47. The van der Waals surface area contributed by atoms with E-state index >= 15 is 0 Å². The molecule has 1 aliphatic rings. The molecule has 2 rings (SSSR count). The molecule has 0 spiro atoms. The van der Waals surface area contributed by atoms with E-state index in [1.807, 2.05) is 0 Å². The van der Waals surface area contributed by atoms with Gasteiger partial charge in [0.1, 0.15) is 0 Å². The van der Waals surface area contributed by atoms with E-state index in [0.29, 0.717) is 5.92 Å². The summed E-state index contributed by atoms with van der Waals surface area (Å²) >= 11 is 0. The summed E-state index contributed by atoms with van der Waals surface area (Å²) in [5, 5.41) is 5.51. The number of hydrogen-bond acceptors (Lipinski definition) is 1. The molecule has 0 saturated carbocycles. The van der Waals surface area contributed by atoms with Gasteiger partial charge in [-0.1, -0.05) is 31.5 Å². The summed E-state index contributed by atoms with van der Waals surface area (Å²) in [5.41, 5.74) is 4.53. The summed E-state index contributed by atoms with van der Waals surface area (Å²) in [7, 11) is 1.66. The molecular weight excluding hydrogens is 260 g/mol. The van der Waals surface area contributed by atoms with Crippen molar-refractivity contribution in [1.29, 1.82) is 0 Å². The second kappa shape index (κ2) is 8.06. The number of rotatable bonds is 6. The normalized spacial score (nSPS) is 17.1. The third-order valence-electron chi connectivity index (χ3n) is 4.47. The van der Waals surface area contributed by atoms with Crippen LogP contribution in [0.15, 0.2) is 18.2 Å². The molecule has 0 fully saturated rings. The number of fused-ring (bicyclic) bond motifs is 1. The molecule has 0 heterocycles. The number of aryl methyl sites for hydroxylation is 2. The van der Waals surface area contributed by atoms with E-state index in [4.69, 9.17) is 0 Å². The van der Waals surface area contributed by atoms with E-state index in [1.54, 1.807) is 7.05 Å². The van der Waals surface area contributed by atoms with Crippen molar-refractivity contribution < 1.29 is 4.79 Å². The summed E-state index contributed by atoms with van der Waals surface area (Å²) < 4.78 is 0. The summed E-state index contributed by atoms with van der Waals surface area (Å²) in [4.78, 5) is 11.2. The number of hydrogen-bond donors (Lipinski definition) is 2. The Bertz CT molecular complexity index is 470. The number of benzene rings is 1. The van der Waals surface area contributed by atoms with Crippen LogP contribution in [0.2, 0.25) is 0 Å². The topological polar surface area (TPSA) is 41.1 Å². The fourth-order valence-corrected chi connectivity index (χ4v) is 3.23. The number of amides is 2. The minimum Gasteiger partial charge on any atom is -0.341 e. The predicted molar refractivity (Wildman–Crippen MR) is 87.8 cm³/mol.